The average Bonchev–Trinajstić information content (AvgIpc) is 2.40. The molecule has 2 heterocycles. The van der Waals surface area contributed by atoms with Gasteiger partial charge in [-0.2, -0.15) is 0 Å². The van der Waals surface area contributed by atoms with Gasteiger partial charge < -0.3 is 4.74 Å². The van der Waals surface area contributed by atoms with Crippen LogP contribution in [0.25, 0.3) is 5.65 Å². The topological polar surface area (TPSA) is 60.7 Å². The Morgan fingerprint density at radius 1 is 1.50 bits per heavy atom. The predicted molar refractivity (Wildman–Crippen MR) is 79.0 cm³/mol. The molecule has 0 saturated heterocycles. The fourth-order valence-corrected chi connectivity index (χ4v) is 2.53. The summed E-state index contributed by atoms with van der Waals surface area (Å²) in [5, 5.41) is 0. The van der Waals surface area contributed by atoms with E-state index in [9.17, 15) is 9.59 Å². The standard InChI is InChI=1S/C14H16N2O3S/c1-3-19-13(18)9-20-8-11-7-12(17)16-6-4-5-10(2)14(16)15-11/h4-7H,3,8-9H2,1-2H3. The largest absolute Gasteiger partial charge is 0.465 e. The molecule has 0 radical (unpaired) electrons. The summed E-state index contributed by atoms with van der Waals surface area (Å²) >= 11 is 1.39. The lowest BCUT2D eigenvalue weighted by atomic mass is 10.3. The van der Waals surface area contributed by atoms with Crippen LogP contribution in [0.5, 0.6) is 0 Å². The van der Waals surface area contributed by atoms with Crippen LogP contribution in [0.15, 0.2) is 29.2 Å². The lowest BCUT2D eigenvalue weighted by molar-refractivity contribution is -0.139. The average molecular weight is 292 g/mol. The minimum atomic E-state index is -0.244. The van der Waals surface area contributed by atoms with Crippen molar-refractivity contribution >= 4 is 23.4 Å². The van der Waals surface area contributed by atoms with E-state index in [0.717, 1.165) is 5.56 Å². The molecule has 5 nitrogen and oxygen atoms in total. The first-order chi connectivity index (χ1) is 9.61. The number of rotatable bonds is 5. The van der Waals surface area contributed by atoms with Gasteiger partial charge in [-0.25, -0.2) is 4.98 Å². The highest BCUT2D eigenvalue weighted by atomic mass is 32.2. The molecule has 0 spiro atoms. The van der Waals surface area contributed by atoms with Gasteiger partial charge in [-0.1, -0.05) is 6.07 Å². The fraction of sp³-hybridized carbons (Fsp3) is 0.357. The van der Waals surface area contributed by atoms with Gasteiger partial charge in [-0.15, -0.1) is 11.8 Å². The van der Waals surface area contributed by atoms with Gasteiger partial charge in [0.2, 0.25) is 0 Å². The van der Waals surface area contributed by atoms with E-state index in [-0.39, 0.29) is 17.3 Å². The molecule has 0 amide bonds. The first-order valence-electron chi connectivity index (χ1n) is 6.33. The molecule has 20 heavy (non-hydrogen) atoms. The van der Waals surface area contributed by atoms with Crippen molar-refractivity contribution in [1.29, 1.82) is 0 Å². The summed E-state index contributed by atoms with van der Waals surface area (Å²) in [5.41, 5.74) is 2.18. The van der Waals surface area contributed by atoms with Crippen molar-refractivity contribution < 1.29 is 9.53 Å². The lowest BCUT2D eigenvalue weighted by Gasteiger charge is -2.06. The number of carbonyl (C=O) groups is 1. The van der Waals surface area contributed by atoms with E-state index < -0.39 is 0 Å². The highest BCUT2D eigenvalue weighted by Gasteiger charge is 2.06. The molecule has 0 aliphatic rings. The lowest BCUT2D eigenvalue weighted by Crippen LogP contribution is -2.16. The van der Waals surface area contributed by atoms with Crippen molar-refractivity contribution in [3.63, 3.8) is 0 Å². The molecule has 0 aliphatic carbocycles. The molecule has 0 unspecified atom stereocenters. The third-order valence-electron chi connectivity index (χ3n) is 2.71. The van der Waals surface area contributed by atoms with E-state index in [2.05, 4.69) is 4.98 Å². The number of pyridine rings is 1. The van der Waals surface area contributed by atoms with Gasteiger partial charge >= 0.3 is 5.97 Å². The first-order valence-corrected chi connectivity index (χ1v) is 7.48. The maximum absolute atomic E-state index is 12.0. The van der Waals surface area contributed by atoms with Crippen LogP contribution in [-0.2, 0) is 15.3 Å². The smallest absolute Gasteiger partial charge is 0.315 e. The van der Waals surface area contributed by atoms with Crippen LogP contribution in [0.4, 0.5) is 0 Å². The molecule has 0 aromatic carbocycles. The Hall–Kier alpha value is -1.82. The van der Waals surface area contributed by atoms with Crippen molar-refractivity contribution in [3.05, 3.63) is 46.0 Å². The Bertz CT molecular complexity index is 682. The molecular weight excluding hydrogens is 276 g/mol. The third kappa shape index (κ3) is 3.39. The molecule has 2 rings (SSSR count). The van der Waals surface area contributed by atoms with Crippen molar-refractivity contribution in [2.75, 3.05) is 12.4 Å². The summed E-state index contributed by atoms with van der Waals surface area (Å²) in [6.45, 7) is 4.07. The number of aryl methyl sites for hydroxylation is 1. The van der Waals surface area contributed by atoms with Crippen LogP contribution in [0.2, 0.25) is 0 Å². The van der Waals surface area contributed by atoms with Gasteiger partial charge in [0.25, 0.3) is 5.56 Å². The second kappa shape index (κ2) is 6.56. The summed E-state index contributed by atoms with van der Waals surface area (Å²) in [5.74, 6) is 0.535. The van der Waals surface area contributed by atoms with Gasteiger partial charge in [0.1, 0.15) is 5.65 Å². The Kier molecular flexibility index (Phi) is 4.79. The second-order valence-electron chi connectivity index (χ2n) is 4.27. The molecule has 0 fully saturated rings. The normalized spacial score (nSPS) is 10.7. The number of hydrogen-bond donors (Lipinski definition) is 0. The Morgan fingerprint density at radius 2 is 2.30 bits per heavy atom. The van der Waals surface area contributed by atoms with E-state index >= 15 is 0 Å². The van der Waals surface area contributed by atoms with E-state index in [1.165, 1.54) is 22.2 Å². The third-order valence-corrected chi connectivity index (χ3v) is 3.65. The van der Waals surface area contributed by atoms with Crippen LogP contribution >= 0.6 is 11.8 Å². The highest BCUT2D eigenvalue weighted by molar-refractivity contribution is 7.99. The van der Waals surface area contributed by atoms with Gasteiger partial charge in [0.15, 0.2) is 0 Å². The summed E-state index contributed by atoms with van der Waals surface area (Å²) in [6, 6.07) is 5.24. The van der Waals surface area contributed by atoms with Gasteiger partial charge in [-0.05, 0) is 25.5 Å². The molecule has 0 aliphatic heterocycles. The summed E-state index contributed by atoms with van der Waals surface area (Å²) in [4.78, 5) is 27.7. The molecule has 106 valence electrons. The minimum Gasteiger partial charge on any atom is -0.465 e. The monoisotopic (exact) mass is 292 g/mol. The molecule has 0 atom stereocenters. The van der Waals surface area contributed by atoms with Gasteiger partial charge in [0.05, 0.1) is 18.1 Å². The summed E-state index contributed by atoms with van der Waals surface area (Å²) in [6.07, 6.45) is 1.70. The summed E-state index contributed by atoms with van der Waals surface area (Å²) in [7, 11) is 0. The number of carbonyl (C=O) groups excluding carboxylic acids is 1. The first kappa shape index (κ1) is 14.6. The van der Waals surface area contributed by atoms with Crippen molar-refractivity contribution in [1.82, 2.24) is 9.38 Å². The van der Waals surface area contributed by atoms with Crippen molar-refractivity contribution in [3.8, 4) is 0 Å². The maximum Gasteiger partial charge on any atom is 0.315 e. The quantitative estimate of drug-likeness (QED) is 0.786. The number of aromatic nitrogens is 2. The molecule has 0 saturated carbocycles. The molecule has 6 heteroatoms. The number of ether oxygens (including phenoxy) is 1. The zero-order valence-electron chi connectivity index (χ0n) is 11.5. The summed E-state index contributed by atoms with van der Waals surface area (Å²) < 4.78 is 6.37. The number of hydrogen-bond acceptors (Lipinski definition) is 5. The SMILES string of the molecule is CCOC(=O)CSCc1cc(=O)n2cccc(C)c2n1. The number of esters is 1. The van der Waals surface area contributed by atoms with Crippen LogP contribution < -0.4 is 5.56 Å². The molecule has 2 aromatic heterocycles. The van der Waals surface area contributed by atoms with E-state index in [1.807, 2.05) is 19.1 Å². The zero-order valence-corrected chi connectivity index (χ0v) is 12.3. The van der Waals surface area contributed by atoms with Crippen LogP contribution in [0, 0.1) is 6.92 Å². The van der Waals surface area contributed by atoms with E-state index in [1.54, 1.807) is 13.1 Å². The highest BCUT2D eigenvalue weighted by Crippen LogP contribution is 2.11. The fourth-order valence-electron chi connectivity index (χ4n) is 1.82. The minimum absolute atomic E-state index is 0.106. The predicted octanol–water partition coefficient (Wildman–Crippen LogP) is 1.80. The Labute approximate surface area is 121 Å². The Balaban J connectivity index is 2.14. The van der Waals surface area contributed by atoms with Crippen LogP contribution in [0.1, 0.15) is 18.2 Å². The van der Waals surface area contributed by atoms with Crippen LogP contribution in [0.3, 0.4) is 0 Å². The number of thioether (sulfide) groups is 1. The molecule has 0 bridgehead atoms. The molecular formula is C14H16N2O3S. The van der Waals surface area contributed by atoms with Crippen molar-refractivity contribution in [2.45, 2.75) is 19.6 Å². The van der Waals surface area contributed by atoms with E-state index in [4.69, 9.17) is 4.74 Å². The Morgan fingerprint density at radius 3 is 3.05 bits per heavy atom. The maximum atomic E-state index is 12.0. The van der Waals surface area contributed by atoms with Crippen molar-refractivity contribution in [2.24, 2.45) is 0 Å². The van der Waals surface area contributed by atoms with E-state index in [0.29, 0.717) is 23.7 Å². The van der Waals surface area contributed by atoms with Gasteiger partial charge in [0, 0.05) is 18.0 Å². The zero-order chi connectivity index (χ0) is 14.5. The molecule has 0 N–H and O–H groups in total. The van der Waals surface area contributed by atoms with Crippen LogP contribution in [-0.4, -0.2) is 27.7 Å². The second-order valence-corrected chi connectivity index (χ2v) is 5.25. The molecule has 2 aromatic rings. The van der Waals surface area contributed by atoms with Gasteiger partial charge in [-0.3, -0.25) is 14.0 Å². The number of nitrogens with zero attached hydrogens (tertiary/aromatic N) is 2. The number of fused-ring (bicyclic) bond motifs is 1.